The molecule has 0 radical (unpaired) electrons. The van der Waals surface area contributed by atoms with Crippen LogP contribution in [0.3, 0.4) is 0 Å². The molecule has 0 bridgehead atoms. The van der Waals surface area contributed by atoms with E-state index in [2.05, 4.69) is 73.8 Å². The Bertz CT molecular complexity index is 1550. The lowest BCUT2D eigenvalue weighted by Crippen LogP contribution is -2.18. The number of hydrazone groups is 1. The minimum absolute atomic E-state index is 0.212. The molecule has 0 aromatic heterocycles. The first-order chi connectivity index (χ1) is 17.2. The lowest BCUT2D eigenvalue weighted by molar-refractivity contribution is 0.0955. The van der Waals surface area contributed by atoms with E-state index in [0.717, 1.165) is 44.7 Å². The molecule has 5 aromatic carbocycles. The summed E-state index contributed by atoms with van der Waals surface area (Å²) in [6, 6.07) is 32.9. The van der Waals surface area contributed by atoms with Crippen LogP contribution in [-0.2, 0) is 13.1 Å². The van der Waals surface area contributed by atoms with Gasteiger partial charge in [0, 0.05) is 34.4 Å². The Morgan fingerprint density at radius 1 is 0.800 bits per heavy atom. The Morgan fingerprint density at radius 3 is 2.17 bits per heavy atom. The summed E-state index contributed by atoms with van der Waals surface area (Å²) < 4.78 is 1.06. The van der Waals surface area contributed by atoms with E-state index < -0.39 is 0 Å². The van der Waals surface area contributed by atoms with Crippen molar-refractivity contribution in [2.45, 2.75) is 13.1 Å². The van der Waals surface area contributed by atoms with Gasteiger partial charge in [0.1, 0.15) is 0 Å². The van der Waals surface area contributed by atoms with Crippen molar-refractivity contribution in [3.8, 4) is 0 Å². The molecule has 1 aliphatic heterocycles. The standard InChI is InChI=1S/C30H22BrN3O/c31-25-11-13-26(14-12-25)34-18-23-10-9-22(16-24(23)19-34)30(35)33-32-17-29-27-7-3-1-5-20(27)15-21-6-2-4-8-28(21)29/h1-17H,18-19H2,(H,33,35)/b32-17+. The first-order valence-electron chi connectivity index (χ1n) is 11.5. The second-order valence-electron chi connectivity index (χ2n) is 8.75. The molecule has 4 nitrogen and oxygen atoms in total. The molecule has 0 saturated heterocycles. The number of fused-ring (bicyclic) bond motifs is 3. The molecule has 1 aliphatic rings. The molecular formula is C30H22BrN3O. The fourth-order valence-electron chi connectivity index (χ4n) is 4.78. The summed E-state index contributed by atoms with van der Waals surface area (Å²) in [6.07, 6.45) is 1.76. The molecule has 0 saturated carbocycles. The first-order valence-corrected chi connectivity index (χ1v) is 12.3. The molecule has 0 spiro atoms. The van der Waals surface area contributed by atoms with Gasteiger partial charge in [-0.05, 0) is 75.1 Å². The fraction of sp³-hybridized carbons (Fsp3) is 0.0667. The van der Waals surface area contributed by atoms with Crippen molar-refractivity contribution in [2.24, 2.45) is 5.10 Å². The molecule has 1 heterocycles. The summed E-state index contributed by atoms with van der Waals surface area (Å²) in [7, 11) is 0. The van der Waals surface area contributed by atoms with Crippen LogP contribution in [0.25, 0.3) is 21.5 Å². The second-order valence-corrected chi connectivity index (χ2v) is 9.66. The number of carbonyl (C=O) groups excluding carboxylic acids is 1. The van der Waals surface area contributed by atoms with Gasteiger partial charge in [-0.1, -0.05) is 70.5 Å². The molecule has 1 N–H and O–H groups in total. The van der Waals surface area contributed by atoms with Crippen LogP contribution in [0.4, 0.5) is 5.69 Å². The zero-order valence-corrected chi connectivity index (χ0v) is 20.5. The van der Waals surface area contributed by atoms with Gasteiger partial charge in [0.05, 0.1) is 6.21 Å². The van der Waals surface area contributed by atoms with Crippen molar-refractivity contribution in [3.63, 3.8) is 0 Å². The van der Waals surface area contributed by atoms with Gasteiger partial charge >= 0.3 is 0 Å². The summed E-state index contributed by atoms with van der Waals surface area (Å²) in [4.78, 5) is 15.2. The van der Waals surface area contributed by atoms with Gasteiger partial charge < -0.3 is 4.90 Å². The molecule has 6 rings (SSSR count). The minimum atomic E-state index is -0.212. The van der Waals surface area contributed by atoms with Crippen LogP contribution in [0.5, 0.6) is 0 Å². The number of benzene rings is 5. The maximum absolute atomic E-state index is 12.9. The summed E-state index contributed by atoms with van der Waals surface area (Å²) in [6.45, 7) is 1.62. The predicted molar refractivity (Wildman–Crippen MR) is 147 cm³/mol. The van der Waals surface area contributed by atoms with Crippen molar-refractivity contribution in [3.05, 3.63) is 124 Å². The average molecular weight is 520 g/mol. The summed E-state index contributed by atoms with van der Waals surface area (Å²) in [5.74, 6) is -0.212. The number of halogens is 1. The third kappa shape index (κ3) is 4.19. The number of hydrogen-bond donors (Lipinski definition) is 1. The number of anilines is 1. The van der Waals surface area contributed by atoms with Gasteiger partial charge in [0.15, 0.2) is 0 Å². The van der Waals surface area contributed by atoms with E-state index in [1.807, 2.05) is 54.6 Å². The molecule has 0 aliphatic carbocycles. The van der Waals surface area contributed by atoms with Crippen LogP contribution in [0.1, 0.15) is 27.0 Å². The number of amides is 1. The Hall–Kier alpha value is -3.96. The summed E-state index contributed by atoms with van der Waals surface area (Å²) >= 11 is 3.49. The van der Waals surface area contributed by atoms with Crippen molar-refractivity contribution < 1.29 is 4.79 Å². The lowest BCUT2D eigenvalue weighted by Gasteiger charge is -2.17. The number of nitrogens with zero attached hydrogens (tertiary/aromatic N) is 2. The Kier molecular flexibility index (Phi) is 5.55. The van der Waals surface area contributed by atoms with Gasteiger partial charge in [-0.3, -0.25) is 4.79 Å². The van der Waals surface area contributed by atoms with Crippen molar-refractivity contribution in [2.75, 3.05) is 4.90 Å². The van der Waals surface area contributed by atoms with Crippen LogP contribution in [0.2, 0.25) is 0 Å². The Morgan fingerprint density at radius 2 is 1.46 bits per heavy atom. The monoisotopic (exact) mass is 519 g/mol. The van der Waals surface area contributed by atoms with Crippen LogP contribution < -0.4 is 10.3 Å². The molecule has 170 valence electrons. The van der Waals surface area contributed by atoms with Crippen LogP contribution in [-0.4, -0.2) is 12.1 Å². The van der Waals surface area contributed by atoms with Gasteiger partial charge in [0.2, 0.25) is 0 Å². The highest BCUT2D eigenvalue weighted by Crippen LogP contribution is 2.30. The van der Waals surface area contributed by atoms with Crippen molar-refractivity contribution >= 4 is 55.3 Å². The van der Waals surface area contributed by atoms with E-state index in [1.54, 1.807) is 6.21 Å². The summed E-state index contributed by atoms with van der Waals surface area (Å²) in [5, 5.41) is 8.85. The smallest absolute Gasteiger partial charge is 0.271 e. The van der Waals surface area contributed by atoms with E-state index in [1.165, 1.54) is 16.8 Å². The van der Waals surface area contributed by atoms with E-state index in [9.17, 15) is 4.79 Å². The van der Waals surface area contributed by atoms with Gasteiger partial charge in [-0.15, -0.1) is 0 Å². The van der Waals surface area contributed by atoms with Gasteiger partial charge in [-0.25, -0.2) is 5.43 Å². The Balaban J connectivity index is 1.22. The number of nitrogens with one attached hydrogen (secondary N) is 1. The fourth-order valence-corrected chi connectivity index (χ4v) is 5.04. The Labute approximate surface area is 212 Å². The summed E-state index contributed by atoms with van der Waals surface area (Å²) in [5.41, 5.74) is 7.92. The topological polar surface area (TPSA) is 44.7 Å². The molecular weight excluding hydrogens is 498 g/mol. The normalized spacial score (nSPS) is 13.0. The molecule has 0 fully saturated rings. The quantitative estimate of drug-likeness (QED) is 0.157. The molecule has 5 heteroatoms. The van der Waals surface area contributed by atoms with Crippen LogP contribution in [0, 0.1) is 0 Å². The van der Waals surface area contributed by atoms with E-state index >= 15 is 0 Å². The van der Waals surface area contributed by atoms with Crippen LogP contribution >= 0.6 is 15.9 Å². The van der Waals surface area contributed by atoms with Gasteiger partial charge in [0.25, 0.3) is 5.91 Å². The van der Waals surface area contributed by atoms with Crippen molar-refractivity contribution in [1.29, 1.82) is 0 Å². The van der Waals surface area contributed by atoms with Crippen LogP contribution in [0.15, 0.2) is 107 Å². The molecule has 0 atom stereocenters. The van der Waals surface area contributed by atoms with Crippen molar-refractivity contribution in [1.82, 2.24) is 5.43 Å². The minimum Gasteiger partial charge on any atom is -0.363 e. The highest BCUT2D eigenvalue weighted by Gasteiger charge is 2.20. The predicted octanol–water partition coefficient (Wildman–Crippen LogP) is 7.04. The van der Waals surface area contributed by atoms with E-state index in [4.69, 9.17) is 0 Å². The van der Waals surface area contributed by atoms with E-state index in [0.29, 0.717) is 5.56 Å². The van der Waals surface area contributed by atoms with E-state index in [-0.39, 0.29) is 5.91 Å². The number of rotatable bonds is 4. The SMILES string of the molecule is O=C(N/N=C/c1c2ccccc2cc2ccccc12)c1ccc2c(c1)CN(c1ccc(Br)cc1)C2. The van der Waals surface area contributed by atoms with Gasteiger partial charge in [-0.2, -0.15) is 5.10 Å². The maximum atomic E-state index is 12.9. The maximum Gasteiger partial charge on any atom is 0.271 e. The zero-order chi connectivity index (χ0) is 23.8. The molecule has 1 amide bonds. The third-order valence-corrected chi connectivity index (χ3v) is 7.08. The highest BCUT2D eigenvalue weighted by molar-refractivity contribution is 9.10. The lowest BCUT2D eigenvalue weighted by atomic mass is 9.97. The number of carbonyl (C=O) groups is 1. The highest BCUT2D eigenvalue weighted by atomic mass is 79.9. The molecule has 35 heavy (non-hydrogen) atoms. The largest absolute Gasteiger partial charge is 0.363 e. The third-order valence-electron chi connectivity index (χ3n) is 6.56. The molecule has 0 unspecified atom stereocenters. The number of hydrogen-bond acceptors (Lipinski definition) is 3. The first kappa shape index (κ1) is 21.6. The molecule has 5 aromatic rings. The second kappa shape index (κ2) is 9.01. The zero-order valence-electron chi connectivity index (χ0n) is 18.9. The average Bonchev–Trinajstić information content (AvgIpc) is 3.32.